The molecule has 0 saturated heterocycles. The largest absolute Gasteiger partial charge is 0.468 e. The standard InChI is InChI=1S/C26H26N4O8/c1-16(28-23(33)18-11-7-4-8-12-18)25(35)38-15-19(31)21-22(27)29(13-17-9-5-3-6-10-17)26(36)30(24(21)34)14-20(32)37-2/h3-12,16H,13-15,27H2,1-2H3,(H,28,33)/t16-/m0/s1. The summed E-state index contributed by atoms with van der Waals surface area (Å²) < 4.78 is 11.1. The van der Waals surface area contributed by atoms with Gasteiger partial charge >= 0.3 is 17.6 Å². The van der Waals surface area contributed by atoms with Gasteiger partial charge in [-0.15, -0.1) is 0 Å². The first-order chi connectivity index (χ1) is 18.1. The molecule has 1 amide bonds. The van der Waals surface area contributed by atoms with Gasteiger partial charge in [-0.1, -0.05) is 48.5 Å². The number of esters is 2. The van der Waals surface area contributed by atoms with Gasteiger partial charge in [-0.25, -0.2) is 14.2 Å². The van der Waals surface area contributed by atoms with Gasteiger partial charge in [-0.05, 0) is 24.6 Å². The molecule has 2 aromatic carbocycles. The normalized spacial score (nSPS) is 11.3. The Bertz CT molecular complexity index is 1460. The van der Waals surface area contributed by atoms with E-state index in [0.29, 0.717) is 15.7 Å². The highest BCUT2D eigenvalue weighted by Gasteiger charge is 2.26. The third-order valence-corrected chi connectivity index (χ3v) is 5.53. The summed E-state index contributed by atoms with van der Waals surface area (Å²) in [5.41, 5.74) is 4.36. The second-order valence-electron chi connectivity index (χ2n) is 8.17. The minimum Gasteiger partial charge on any atom is -0.468 e. The summed E-state index contributed by atoms with van der Waals surface area (Å²) in [6.07, 6.45) is 0. The zero-order valence-corrected chi connectivity index (χ0v) is 20.7. The number of methoxy groups -OCH3 is 1. The first-order valence-corrected chi connectivity index (χ1v) is 11.4. The highest BCUT2D eigenvalue weighted by atomic mass is 16.5. The van der Waals surface area contributed by atoms with Gasteiger partial charge in [-0.2, -0.15) is 0 Å². The van der Waals surface area contributed by atoms with Crippen molar-refractivity contribution in [2.75, 3.05) is 19.5 Å². The van der Waals surface area contributed by atoms with Crippen LogP contribution >= 0.6 is 0 Å². The Kier molecular flexibility index (Phi) is 8.93. The number of hydrogen-bond acceptors (Lipinski definition) is 9. The van der Waals surface area contributed by atoms with E-state index in [-0.39, 0.29) is 6.54 Å². The van der Waals surface area contributed by atoms with E-state index in [0.717, 1.165) is 11.7 Å². The fraction of sp³-hybridized carbons (Fsp3) is 0.231. The number of hydrogen-bond donors (Lipinski definition) is 2. The lowest BCUT2D eigenvalue weighted by Crippen LogP contribution is -2.46. The number of aromatic nitrogens is 2. The molecule has 1 heterocycles. The van der Waals surface area contributed by atoms with Crippen molar-refractivity contribution in [2.45, 2.75) is 26.1 Å². The Labute approximate surface area is 216 Å². The zero-order chi connectivity index (χ0) is 27.8. The monoisotopic (exact) mass is 522 g/mol. The molecule has 198 valence electrons. The number of nitrogens with one attached hydrogen (secondary N) is 1. The fourth-order valence-corrected chi connectivity index (χ4v) is 3.49. The van der Waals surface area contributed by atoms with Gasteiger partial charge in [0.15, 0.2) is 6.61 Å². The molecular formula is C26H26N4O8. The van der Waals surface area contributed by atoms with E-state index in [9.17, 15) is 28.8 Å². The quantitative estimate of drug-likeness (QED) is 0.282. The number of nitrogen functional groups attached to an aromatic ring is 1. The molecule has 0 spiro atoms. The molecule has 0 bridgehead atoms. The lowest BCUT2D eigenvalue weighted by molar-refractivity contribution is -0.144. The Morgan fingerprint density at radius 3 is 2.16 bits per heavy atom. The van der Waals surface area contributed by atoms with Crippen LogP contribution in [0.15, 0.2) is 70.3 Å². The molecule has 0 saturated carbocycles. The van der Waals surface area contributed by atoms with Gasteiger partial charge < -0.3 is 20.5 Å². The predicted molar refractivity (Wildman–Crippen MR) is 136 cm³/mol. The lowest BCUT2D eigenvalue weighted by Gasteiger charge is -2.17. The van der Waals surface area contributed by atoms with Crippen molar-refractivity contribution in [1.29, 1.82) is 0 Å². The number of benzene rings is 2. The van der Waals surface area contributed by atoms with Crippen molar-refractivity contribution in [3.63, 3.8) is 0 Å². The molecule has 12 heteroatoms. The van der Waals surface area contributed by atoms with Gasteiger partial charge in [0.25, 0.3) is 11.5 Å². The number of rotatable bonds is 10. The van der Waals surface area contributed by atoms with Gasteiger partial charge in [0, 0.05) is 5.56 Å². The third kappa shape index (κ3) is 6.40. The third-order valence-electron chi connectivity index (χ3n) is 5.53. The first-order valence-electron chi connectivity index (χ1n) is 11.4. The summed E-state index contributed by atoms with van der Waals surface area (Å²) in [5, 5.41) is 2.45. The molecule has 0 unspecified atom stereocenters. The van der Waals surface area contributed by atoms with Crippen molar-refractivity contribution in [3.05, 3.63) is 98.2 Å². The number of amides is 1. The van der Waals surface area contributed by atoms with Crippen LogP contribution in [0.3, 0.4) is 0 Å². The number of carbonyl (C=O) groups is 4. The van der Waals surface area contributed by atoms with Gasteiger partial charge in [0.2, 0.25) is 5.78 Å². The summed E-state index contributed by atoms with van der Waals surface area (Å²) in [6, 6.07) is 15.7. The molecular weight excluding hydrogens is 496 g/mol. The van der Waals surface area contributed by atoms with Crippen LogP contribution in [-0.2, 0) is 32.2 Å². The van der Waals surface area contributed by atoms with Crippen LogP contribution in [0, 0.1) is 0 Å². The molecule has 3 N–H and O–H groups in total. The van der Waals surface area contributed by atoms with Crippen LogP contribution in [0.1, 0.15) is 33.2 Å². The lowest BCUT2D eigenvalue weighted by atomic mass is 10.1. The topological polar surface area (TPSA) is 169 Å². The summed E-state index contributed by atoms with van der Waals surface area (Å²) in [4.78, 5) is 75.6. The highest BCUT2D eigenvalue weighted by Crippen LogP contribution is 2.10. The van der Waals surface area contributed by atoms with E-state index in [1.165, 1.54) is 6.92 Å². The number of nitrogens with zero attached hydrogens (tertiary/aromatic N) is 2. The molecule has 3 aromatic rings. The van der Waals surface area contributed by atoms with Crippen molar-refractivity contribution < 1.29 is 28.7 Å². The van der Waals surface area contributed by atoms with Crippen molar-refractivity contribution in [2.24, 2.45) is 0 Å². The number of nitrogens with two attached hydrogens (primary N) is 1. The second kappa shape index (κ2) is 12.3. The first kappa shape index (κ1) is 27.6. The number of ketones is 1. The summed E-state index contributed by atoms with van der Waals surface area (Å²) in [5.74, 6) is -3.80. The van der Waals surface area contributed by atoms with Crippen LogP contribution in [0.2, 0.25) is 0 Å². The minimum atomic E-state index is -1.13. The van der Waals surface area contributed by atoms with E-state index >= 15 is 0 Å². The Balaban J connectivity index is 1.85. The zero-order valence-electron chi connectivity index (χ0n) is 20.7. The number of carbonyl (C=O) groups excluding carboxylic acids is 4. The molecule has 0 aliphatic heterocycles. The molecule has 0 radical (unpaired) electrons. The number of Topliss-reactive ketones (excluding diaryl/α,β-unsaturated/α-hetero) is 1. The number of anilines is 1. The Morgan fingerprint density at radius 1 is 0.947 bits per heavy atom. The molecule has 1 atom stereocenters. The summed E-state index contributed by atoms with van der Waals surface area (Å²) in [6.45, 7) is -0.390. The van der Waals surface area contributed by atoms with Crippen molar-refractivity contribution in [1.82, 2.24) is 14.5 Å². The van der Waals surface area contributed by atoms with Gasteiger partial charge in [0.05, 0.1) is 13.7 Å². The summed E-state index contributed by atoms with van der Waals surface area (Å²) >= 11 is 0. The molecule has 3 rings (SSSR count). The maximum atomic E-state index is 13.0. The average Bonchev–Trinajstić information content (AvgIpc) is 2.92. The molecule has 38 heavy (non-hydrogen) atoms. The number of ether oxygens (including phenoxy) is 2. The maximum Gasteiger partial charge on any atom is 0.333 e. The highest BCUT2D eigenvalue weighted by molar-refractivity contribution is 6.02. The van der Waals surface area contributed by atoms with Crippen LogP contribution in [0.5, 0.6) is 0 Å². The van der Waals surface area contributed by atoms with Crippen molar-refractivity contribution in [3.8, 4) is 0 Å². The van der Waals surface area contributed by atoms with E-state index in [2.05, 4.69) is 10.1 Å². The van der Waals surface area contributed by atoms with E-state index in [1.54, 1.807) is 60.7 Å². The van der Waals surface area contributed by atoms with Gasteiger partial charge in [0.1, 0.15) is 24.0 Å². The van der Waals surface area contributed by atoms with E-state index < -0.39 is 65.5 Å². The average molecular weight is 523 g/mol. The van der Waals surface area contributed by atoms with E-state index in [4.69, 9.17) is 10.5 Å². The fourth-order valence-electron chi connectivity index (χ4n) is 3.49. The molecule has 0 aliphatic carbocycles. The molecule has 12 nitrogen and oxygen atoms in total. The van der Waals surface area contributed by atoms with Crippen LogP contribution in [0.25, 0.3) is 0 Å². The molecule has 1 aromatic heterocycles. The van der Waals surface area contributed by atoms with Crippen LogP contribution in [-0.4, -0.2) is 52.5 Å². The smallest absolute Gasteiger partial charge is 0.333 e. The predicted octanol–water partition coefficient (Wildman–Crippen LogP) is 0.358. The SMILES string of the molecule is COC(=O)Cn1c(=O)c(C(=O)COC(=O)[C@H](C)NC(=O)c2ccccc2)c(N)n(Cc2ccccc2)c1=O. The maximum absolute atomic E-state index is 13.0. The second-order valence-corrected chi connectivity index (χ2v) is 8.17. The minimum absolute atomic E-state index is 0.102. The van der Waals surface area contributed by atoms with Crippen LogP contribution in [0.4, 0.5) is 5.82 Å². The van der Waals surface area contributed by atoms with Crippen LogP contribution < -0.4 is 22.3 Å². The Morgan fingerprint density at radius 2 is 1.55 bits per heavy atom. The van der Waals surface area contributed by atoms with Crippen molar-refractivity contribution >= 4 is 29.4 Å². The van der Waals surface area contributed by atoms with E-state index in [1.807, 2.05) is 0 Å². The summed E-state index contributed by atoms with van der Waals surface area (Å²) in [7, 11) is 1.08. The van der Waals surface area contributed by atoms with Gasteiger partial charge in [-0.3, -0.25) is 23.7 Å². The Hall–Kier alpha value is -5.00. The molecule has 0 aliphatic rings. The molecule has 0 fully saturated rings.